The van der Waals surface area contributed by atoms with E-state index in [0.717, 1.165) is 25.3 Å². The molecule has 2 rings (SSSR count). The van der Waals surface area contributed by atoms with Crippen molar-refractivity contribution in [2.75, 3.05) is 34.3 Å². The van der Waals surface area contributed by atoms with Gasteiger partial charge in [-0.1, -0.05) is 6.07 Å². The number of ether oxygens (including phenoxy) is 1. The third-order valence-corrected chi connectivity index (χ3v) is 3.86. The van der Waals surface area contributed by atoms with E-state index in [2.05, 4.69) is 42.5 Å². The average Bonchev–Trinajstić information content (AvgIpc) is 2.42. The molecule has 1 unspecified atom stereocenters. The predicted octanol–water partition coefficient (Wildman–Crippen LogP) is 2.09. The van der Waals surface area contributed by atoms with Gasteiger partial charge in [-0.3, -0.25) is 0 Å². The summed E-state index contributed by atoms with van der Waals surface area (Å²) < 4.78 is 5.31. The third kappa shape index (κ3) is 4.22. The summed E-state index contributed by atoms with van der Waals surface area (Å²) in [6, 6.07) is 7.12. The van der Waals surface area contributed by atoms with Crippen molar-refractivity contribution in [3.63, 3.8) is 0 Å². The fourth-order valence-corrected chi connectivity index (χ4v) is 2.74. The second kappa shape index (κ2) is 6.92. The van der Waals surface area contributed by atoms with E-state index in [1.807, 2.05) is 0 Å². The average molecular weight is 262 g/mol. The first-order chi connectivity index (χ1) is 9.19. The van der Waals surface area contributed by atoms with Crippen molar-refractivity contribution in [3.8, 4) is 5.75 Å². The van der Waals surface area contributed by atoms with Crippen LogP contribution in [0.25, 0.3) is 0 Å². The zero-order valence-electron chi connectivity index (χ0n) is 12.4. The lowest BCUT2D eigenvalue weighted by Gasteiger charge is -2.26. The maximum atomic E-state index is 5.31. The quantitative estimate of drug-likeness (QED) is 0.795. The van der Waals surface area contributed by atoms with E-state index in [4.69, 9.17) is 4.74 Å². The van der Waals surface area contributed by atoms with Crippen molar-refractivity contribution < 1.29 is 4.74 Å². The number of methoxy groups -OCH3 is 1. The first kappa shape index (κ1) is 14.4. The van der Waals surface area contributed by atoms with E-state index < -0.39 is 0 Å². The Balaban J connectivity index is 1.83. The van der Waals surface area contributed by atoms with Gasteiger partial charge in [0.2, 0.25) is 0 Å². The zero-order chi connectivity index (χ0) is 13.7. The fraction of sp³-hybridized carbons (Fsp3) is 0.625. The van der Waals surface area contributed by atoms with Crippen LogP contribution in [0, 0.1) is 0 Å². The Kier molecular flexibility index (Phi) is 5.23. The van der Waals surface area contributed by atoms with Crippen LogP contribution < -0.4 is 10.1 Å². The molecule has 3 nitrogen and oxygen atoms in total. The molecule has 19 heavy (non-hydrogen) atoms. The lowest BCUT2D eigenvalue weighted by molar-refractivity contribution is 0.377. The molecule has 1 N–H and O–H groups in total. The summed E-state index contributed by atoms with van der Waals surface area (Å²) in [5, 5.41) is 3.69. The monoisotopic (exact) mass is 262 g/mol. The SMILES string of the molecule is COc1ccc2c(c1)CC(NCCCN(C)C)CC2. The second-order valence-corrected chi connectivity index (χ2v) is 5.69. The van der Waals surface area contributed by atoms with Crippen molar-refractivity contribution in [3.05, 3.63) is 29.3 Å². The van der Waals surface area contributed by atoms with Gasteiger partial charge in [-0.05, 0) is 76.1 Å². The van der Waals surface area contributed by atoms with E-state index in [-0.39, 0.29) is 0 Å². The molecule has 106 valence electrons. The Labute approximate surface area is 116 Å². The van der Waals surface area contributed by atoms with Crippen molar-refractivity contribution in [2.45, 2.75) is 31.7 Å². The maximum absolute atomic E-state index is 5.31. The summed E-state index contributed by atoms with van der Waals surface area (Å²) in [5.41, 5.74) is 2.95. The first-order valence-corrected chi connectivity index (χ1v) is 7.23. The molecular weight excluding hydrogens is 236 g/mol. The van der Waals surface area contributed by atoms with Crippen LogP contribution in [0.4, 0.5) is 0 Å². The number of nitrogens with one attached hydrogen (secondary N) is 1. The van der Waals surface area contributed by atoms with Gasteiger partial charge in [0, 0.05) is 6.04 Å². The van der Waals surface area contributed by atoms with E-state index >= 15 is 0 Å². The Morgan fingerprint density at radius 1 is 1.32 bits per heavy atom. The van der Waals surface area contributed by atoms with Crippen LogP contribution in [0.2, 0.25) is 0 Å². The van der Waals surface area contributed by atoms with Gasteiger partial charge < -0.3 is 15.0 Å². The lowest BCUT2D eigenvalue weighted by atomic mass is 9.88. The molecule has 0 aromatic heterocycles. The maximum Gasteiger partial charge on any atom is 0.119 e. The Hall–Kier alpha value is -1.06. The van der Waals surface area contributed by atoms with Crippen molar-refractivity contribution in [1.82, 2.24) is 10.2 Å². The van der Waals surface area contributed by atoms with Crippen LogP contribution in [0.1, 0.15) is 24.0 Å². The summed E-state index contributed by atoms with van der Waals surface area (Å²) in [5.74, 6) is 0.979. The minimum atomic E-state index is 0.627. The third-order valence-electron chi connectivity index (χ3n) is 3.86. The van der Waals surface area contributed by atoms with Crippen LogP contribution in [0.15, 0.2) is 18.2 Å². The van der Waals surface area contributed by atoms with Crippen LogP contribution >= 0.6 is 0 Å². The summed E-state index contributed by atoms with van der Waals surface area (Å²) in [6.45, 7) is 2.27. The number of hydrogen-bond donors (Lipinski definition) is 1. The number of rotatable bonds is 6. The zero-order valence-corrected chi connectivity index (χ0v) is 12.4. The smallest absolute Gasteiger partial charge is 0.119 e. The van der Waals surface area contributed by atoms with E-state index in [1.54, 1.807) is 7.11 Å². The van der Waals surface area contributed by atoms with Crippen molar-refractivity contribution >= 4 is 0 Å². The lowest BCUT2D eigenvalue weighted by Crippen LogP contribution is -2.36. The van der Waals surface area contributed by atoms with Gasteiger partial charge in [-0.25, -0.2) is 0 Å². The number of benzene rings is 1. The van der Waals surface area contributed by atoms with Gasteiger partial charge in [0.25, 0.3) is 0 Å². The van der Waals surface area contributed by atoms with Crippen LogP contribution in [-0.4, -0.2) is 45.2 Å². The van der Waals surface area contributed by atoms with E-state index in [9.17, 15) is 0 Å². The van der Waals surface area contributed by atoms with Crippen LogP contribution in [0.3, 0.4) is 0 Å². The molecule has 0 saturated heterocycles. The molecule has 0 fully saturated rings. The van der Waals surface area contributed by atoms with Gasteiger partial charge in [0.1, 0.15) is 5.75 Å². The second-order valence-electron chi connectivity index (χ2n) is 5.69. The summed E-state index contributed by atoms with van der Waals surface area (Å²) >= 11 is 0. The van der Waals surface area contributed by atoms with Crippen molar-refractivity contribution in [1.29, 1.82) is 0 Å². The summed E-state index contributed by atoms with van der Waals surface area (Å²) in [7, 11) is 5.99. The molecule has 0 bridgehead atoms. The van der Waals surface area contributed by atoms with Gasteiger partial charge in [0.05, 0.1) is 7.11 Å². The highest BCUT2D eigenvalue weighted by Gasteiger charge is 2.18. The summed E-state index contributed by atoms with van der Waals surface area (Å²) in [4.78, 5) is 2.24. The van der Waals surface area contributed by atoms with Crippen LogP contribution in [0.5, 0.6) is 5.75 Å². The Morgan fingerprint density at radius 2 is 2.16 bits per heavy atom. The van der Waals surface area contributed by atoms with Gasteiger partial charge >= 0.3 is 0 Å². The molecule has 1 aliphatic rings. The summed E-state index contributed by atoms with van der Waals surface area (Å²) in [6.07, 6.45) is 4.79. The Bertz CT molecular complexity index is 404. The van der Waals surface area contributed by atoms with Gasteiger partial charge in [0.15, 0.2) is 0 Å². The molecule has 0 heterocycles. The van der Waals surface area contributed by atoms with Gasteiger partial charge in [-0.15, -0.1) is 0 Å². The molecular formula is C16H26N2O. The molecule has 1 aliphatic carbocycles. The highest BCUT2D eigenvalue weighted by atomic mass is 16.5. The normalized spacial score (nSPS) is 18.4. The molecule has 0 radical (unpaired) electrons. The number of hydrogen-bond acceptors (Lipinski definition) is 3. The fourth-order valence-electron chi connectivity index (χ4n) is 2.74. The first-order valence-electron chi connectivity index (χ1n) is 7.23. The molecule has 1 aromatic rings. The van der Waals surface area contributed by atoms with E-state index in [1.165, 1.54) is 30.4 Å². The molecule has 1 atom stereocenters. The molecule has 0 amide bonds. The minimum absolute atomic E-state index is 0.627. The highest BCUT2D eigenvalue weighted by Crippen LogP contribution is 2.25. The topological polar surface area (TPSA) is 24.5 Å². The highest BCUT2D eigenvalue weighted by molar-refractivity contribution is 5.37. The standard InChI is InChI=1S/C16H26N2O/c1-18(2)10-4-9-17-15-7-5-13-6-8-16(19-3)12-14(13)11-15/h6,8,12,15,17H,4-5,7,9-11H2,1-3H3. The van der Waals surface area contributed by atoms with Gasteiger partial charge in [-0.2, -0.15) is 0 Å². The minimum Gasteiger partial charge on any atom is -0.497 e. The molecule has 3 heteroatoms. The molecule has 0 saturated carbocycles. The number of fused-ring (bicyclic) bond motifs is 1. The number of aryl methyl sites for hydroxylation is 1. The van der Waals surface area contributed by atoms with Crippen molar-refractivity contribution in [2.24, 2.45) is 0 Å². The molecule has 1 aromatic carbocycles. The molecule has 0 spiro atoms. The largest absolute Gasteiger partial charge is 0.497 e. The predicted molar refractivity (Wildman–Crippen MR) is 80.0 cm³/mol. The van der Waals surface area contributed by atoms with E-state index in [0.29, 0.717) is 6.04 Å². The van der Waals surface area contributed by atoms with Crippen LogP contribution in [-0.2, 0) is 12.8 Å². The number of nitrogens with zero attached hydrogens (tertiary/aromatic N) is 1. The Morgan fingerprint density at radius 3 is 2.89 bits per heavy atom. The molecule has 0 aliphatic heterocycles.